The molecule has 0 radical (unpaired) electrons. The van der Waals surface area contributed by atoms with Gasteiger partial charge in [0, 0.05) is 22.8 Å². The summed E-state index contributed by atoms with van der Waals surface area (Å²) in [5.74, 6) is 0.956. The van der Waals surface area contributed by atoms with Crippen LogP contribution in [-0.4, -0.2) is 11.5 Å². The number of alkyl halides is 1. The van der Waals surface area contributed by atoms with Gasteiger partial charge in [-0.05, 0) is 18.1 Å². The zero-order valence-corrected chi connectivity index (χ0v) is 13.3. The molecule has 1 saturated carbocycles. The first-order chi connectivity index (χ1) is 10.1. The van der Waals surface area contributed by atoms with Gasteiger partial charge in [-0.2, -0.15) is 0 Å². The molecule has 0 saturated heterocycles. The molecular weight excluding hydrogens is 280 g/mol. The van der Waals surface area contributed by atoms with Crippen LogP contribution in [0.3, 0.4) is 0 Å². The molecule has 0 spiro atoms. The van der Waals surface area contributed by atoms with Gasteiger partial charge in [0.25, 0.3) is 0 Å². The fourth-order valence-corrected chi connectivity index (χ4v) is 3.44. The highest BCUT2D eigenvalue weighted by Crippen LogP contribution is 2.49. The van der Waals surface area contributed by atoms with Gasteiger partial charge in [-0.15, -0.1) is 11.6 Å². The summed E-state index contributed by atoms with van der Waals surface area (Å²) in [7, 11) is 0. The van der Waals surface area contributed by atoms with Crippen LogP contribution < -0.4 is 4.74 Å². The van der Waals surface area contributed by atoms with Crippen LogP contribution in [0, 0.1) is 5.41 Å². The van der Waals surface area contributed by atoms with Gasteiger partial charge in [-0.1, -0.05) is 62.4 Å². The maximum Gasteiger partial charge on any atom is 0.127 e. The van der Waals surface area contributed by atoms with Crippen LogP contribution in [0.25, 0.3) is 11.1 Å². The predicted molar refractivity (Wildman–Crippen MR) is 89.0 cm³/mol. The van der Waals surface area contributed by atoms with E-state index in [0.717, 1.165) is 24.2 Å². The second-order valence-corrected chi connectivity index (χ2v) is 6.56. The van der Waals surface area contributed by atoms with Crippen molar-refractivity contribution >= 4 is 11.6 Å². The fourth-order valence-electron chi connectivity index (χ4n) is 2.98. The number of rotatable bonds is 4. The average Bonchev–Trinajstić information content (AvgIpc) is 2.55. The molecule has 1 nitrogen and oxygen atoms in total. The molecule has 2 heteroatoms. The largest absolute Gasteiger partial charge is 0.489 e. The molecule has 1 aliphatic carbocycles. The van der Waals surface area contributed by atoms with E-state index in [1.165, 1.54) is 5.56 Å². The lowest BCUT2D eigenvalue weighted by Gasteiger charge is -2.50. The molecule has 1 aliphatic rings. The Bertz CT molecular complexity index is 610. The van der Waals surface area contributed by atoms with E-state index in [1.807, 2.05) is 12.1 Å². The van der Waals surface area contributed by atoms with Gasteiger partial charge < -0.3 is 4.74 Å². The van der Waals surface area contributed by atoms with Crippen LogP contribution in [0.15, 0.2) is 54.6 Å². The Morgan fingerprint density at radius 3 is 2.43 bits per heavy atom. The van der Waals surface area contributed by atoms with E-state index >= 15 is 0 Å². The van der Waals surface area contributed by atoms with E-state index in [4.69, 9.17) is 16.3 Å². The maximum absolute atomic E-state index is 6.39. The van der Waals surface area contributed by atoms with E-state index in [-0.39, 0.29) is 16.9 Å². The van der Waals surface area contributed by atoms with Crippen LogP contribution >= 0.6 is 11.6 Å². The van der Waals surface area contributed by atoms with Crippen molar-refractivity contribution in [3.8, 4) is 16.9 Å². The molecule has 0 bridgehead atoms. The van der Waals surface area contributed by atoms with E-state index in [0.29, 0.717) is 0 Å². The van der Waals surface area contributed by atoms with E-state index in [2.05, 4.69) is 56.3 Å². The second kappa shape index (κ2) is 5.73. The third kappa shape index (κ3) is 2.55. The summed E-state index contributed by atoms with van der Waals surface area (Å²) < 4.78 is 6.33. The van der Waals surface area contributed by atoms with Crippen molar-refractivity contribution in [2.45, 2.75) is 38.2 Å². The van der Waals surface area contributed by atoms with Gasteiger partial charge >= 0.3 is 0 Å². The van der Waals surface area contributed by atoms with Crippen molar-refractivity contribution < 1.29 is 4.74 Å². The summed E-state index contributed by atoms with van der Waals surface area (Å²) in [6.07, 6.45) is 2.17. The van der Waals surface area contributed by atoms with Gasteiger partial charge in [0.15, 0.2) is 0 Å². The predicted octanol–water partition coefficient (Wildman–Crippen LogP) is 5.53. The third-order valence-electron chi connectivity index (χ3n) is 4.88. The SMILES string of the molecule is CCC1(C)C(Cl)CC1Oc1ccccc1-c1ccccc1. The highest BCUT2D eigenvalue weighted by Gasteiger charge is 2.51. The lowest BCUT2D eigenvalue weighted by molar-refractivity contribution is -0.0291. The first-order valence-electron chi connectivity index (χ1n) is 7.60. The summed E-state index contributed by atoms with van der Waals surface area (Å²) in [5, 5.41) is 0.219. The first kappa shape index (κ1) is 14.5. The summed E-state index contributed by atoms with van der Waals surface area (Å²) in [5.41, 5.74) is 2.41. The number of halogens is 1. The molecule has 110 valence electrons. The lowest BCUT2D eigenvalue weighted by Crippen LogP contribution is -2.55. The van der Waals surface area contributed by atoms with Crippen LogP contribution in [0.2, 0.25) is 0 Å². The highest BCUT2D eigenvalue weighted by molar-refractivity contribution is 6.21. The maximum atomic E-state index is 6.39. The first-order valence-corrected chi connectivity index (χ1v) is 8.04. The standard InChI is InChI=1S/C19H21ClO/c1-3-19(2)17(20)13-18(19)21-16-12-8-7-11-15(16)14-9-5-4-6-10-14/h4-12,17-18H,3,13H2,1-2H3. The van der Waals surface area contributed by atoms with Gasteiger partial charge in [-0.3, -0.25) is 0 Å². The van der Waals surface area contributed by atoms with E-state index in [9.17, 15) is 0 Å². The number of hydrogen-bond donors (Lipinski definition) is 0. The van der Waals surface area contributed by atoms with Gasteiger partial charge in [0.05, 0.1) is 0 Å². The van der Waals surface area contributed by atoms with E-state index < -0.39 is 0 Å². The Balaban J connectivity index is 1.88. The Kier molecular flexibility index (Phi) is 3.95. The Morgan fingerprint density at radius 2 is 1.76 bits per heavy atom. The third-order valence-corrected chi connectivity index (χ3v) is 5.55. The number of para-hydroxylation sites is 1. The van der Waals surface area contributed by atoms with Crippen molar-refractivity contribution in [1.29, 1.82) is 0 Å². The van der Waals surface area contributed by atoms with Crippen molar-refractivity contribution in [3.05, 3.63) is 54.6 Å². The topological polar surface area (TPSA) is 9.23 Å². The molecule has 0 aromatic heterocycles. The Morgan fingerprint density at radius 1 is 1.10 bits per heavy atom. The molecule has 0 N–H and O–H groups in total. The average molecular weight is 301 g/mol. The highest BCUT2D eigenvalue weighted by atomic mass is 35.5. The lowest BCUT2D eigenvalue weighted by atomic mass is 9.65. The molecule has 21 heavy (non-hydrogen) atoms. The van der Waals surface area contributed by atoms with Crippen molar-refractivity contribution in [3.63, 3.8) is 0 Å². The van der Waals surface area contributed by atoms with Gasteiger partial charge in [-0.25, -0.2) is 0 Å². The van der Waals surface area contributed by atoms with Crippen LogP contribution in [0.1, 0.15) is 26.7 Å². The normalized spacial score (nSPS) is 28.0. The second-order valence-electron chi connectivity index (χ2n) is 6.03. The van der Waals surface area contributed by atoms with Crippen molar-refractivity contribution in [2.75, 3.05) is 0 Å². The molecule has 2 aromatic carbocycles. The molecule has 3 unspecified atom stereocenters. The minimum absolute atomic E-state index is 0.0748. The smallest absolute Gasteiger partial charge is 0.127 e. The van der Waals surface area contributed by atoms with Crippen molar-refractivity contribution in [2.24, 2.45) is 5.41 Å². The van der Waals surface area contributed by atoms with Gasteiger partial charge in [0.1, 0.15) is 11.9 Å². The summed E-state index contributed by atoms with van der Waals surface area (Å²) in [6.45, 7) is 4.41. The summed E-state index contributed by atoms with van der Waals surface area (Å²) in [4.78, 5) is 0. The van der Waals surface area contributed by atoms with Crippen molar-refractivity contribution in [1.82, 2.24) is 0 Å². The monoisotopic (exact) mass is 300 g/mol. The van der Waals surface area contributed by atoms with Crippen LogP contribution in [-0.2, 0) is 0 Å². The van der Waals surface area contributed by atoms with Crippen LogP contribution in [0.5, 0.6) is 5.75 Å². The molecule has 3 rings (SSSR count). The fraction of sp³-hybridized carbons (Fsp3) is 0.368. The molecule has 0 amide bonds. The van der Waals surface area contributed by atoms with Crippen LogP contribution in [0.4, 0.5) is 0 Å². The zero-order valence-electron chi connectivity index (χ0n) is 12.6. The summed E-state index contributed by atoms with van der Waals surface area (Å²) >= 11 is 6.39. The summed E-state index contributed by atoms with van der Waals surface area (Å²) in [6, 6.07) is 18.6. The Labute approximate surface area is 131 Å². The zero-order chi connectivity index (χ0) is 14.9. The molecule has 2 aromatic rings. The molecular formula is C19H21ClO. The van der Waals surface area contributed by atoms with E-state index in [1.54, 1.807) is 0 Å². The molecule has 3 atom stereocenters. The minimum Gasteiger partial charge on any atom is -0.489 e. The molecule has 0 heterocycles. The number of ether oxygens (including phenoxy) is 1. The number of hydrogen-bond acceptors (Lipinski definition) is 1. The number of benzene rings is 2. The van der Waals surface area contributed by atoms with Gasteiger partial charge in [0.2, 0.25) is 0 Å². The minimum atomic E-state index is 0.0748. The quantitative estimate of drug-likeness (QED) is 0.675. The Hall–Kier alpha value is -1.47. The molecule has 1 fully saturated rings. The molecule has 0 aliphatic heterocycles.